The first-order valence-corrected chi connectivity index (χ1v) is 6.17. The maximum absolute atomic E-state index is 13.3. The predicted molar refractivity (Wildman–Crippen MR) is 62.6 cm³/mol. The van der Waals surface area contributed by atoms with Gasteiger partial charge in [-0.15, -0.1) is 0 Å². The Labute approximate surface area is 96.6 Å². The summed E-state index contributed by atoms with van der Waals surface area (Å²) in [4.78, 5) is 0. The lowest BCUT2D eigenvalue weighted by molar-refractivity contribution is 0.0723. The Kier molecular flexibility index (Phi) is 4.34. The fraction of sp³-hybridized carbons (Fsp3) is 0.571. The van der Waals surface area contributed by atoms with E-state index in [0.717, 1.165) is 6.61 Å². The molecule has 1 aliphatic rings. The standard InChI is InChI=1S/C14H19FO/c15-14-9-5-4-8-13(14)11-16-10-12-6-2-1-3-7-12/h4-5,8-9,12H,1-3,6-7,10-11H2. The van der Waals surface area contributed by atoms with Crippen molar-refractivity contribution in [2.45, 2.75) is 38.7 Å². The van der Waals surface area contributed by atoms with Gasteiger partial charge in [0, 0.05) is 12.2 Å². The van der Waals surface area contributed by atoms with E-state index in [1.807, 2.05) is 6.07 Å². The van der Waals surface area contributed by atoms with Crippen LogP contribution in [-0.4, -0.2) is 6.61 Å². The third kappa shape index (κ3) is 3.31. The Balaban J connectivity index is 1.73. The molecule has 1 aromatic rings. The van der Waals surface area contributed by atoms with Gasteiger partial charge in [-0.3, -0.25) is 0 Å². The molecular formula is C14H19FO. The molecule has 0 atom stereocenters. The monoisotopic (exact) mass is 222 g/mol. The summed E-state index contributed by atoms with van der Waals surface area (Å²) in [5.74, 6) is 0.534. The van der Waals surface area contributed by atoms with E-state index in [4.69, 9.17) is 4.74 Å². The first kappa shape index (κ1) is 11.6. The Hall–Kier alpha value is -0.890. The molecule has 1 aliphatic carbocycles. The molecule has 0 N–H and O–H groups in total. The van der Waals surface area contributed by atoms with Crippen LogP contribution in [0.25, 0.3) is 0 Å². The summed E-state index contributed by atoms with van der Waals surface area (Å²) < 4.78 is 18.9. The Morgan fingerprint density at radius 3 is 2.62 bits per heavy atom. The fourth-order valence-corrected chi connectivity index (χ4v) is 2.30. The van der Waals surface area contributed by atoms with Gasteiger partial charge in [0.05, 0.1) is 6.61 Å². The van der Waals surface area contributed by atoms with Crippen LogP contribution in [-0.2, 0) is 11.3 Å². The van der Waals surface area contributed by atoms with Crippen LogP contribution < -0.4 is 0 Å². The topological polar surface area (TPSA) is 9.23 Å². The first-order valence-electron chi connectivity index (χ1n) is 6.17. The molecule has 16 heavy (non-hydrogen) atoms. The molecule has 1 nitrogen and oxygen atoms in total. The van der Waals surface area contributed by atoms with Gasteiger partial charge in [0.1, 0.15) is 5.82 Å². The average Bonchev–Trinajstić information content (AvgIpc) is 2.33. The molecule has 0 saturated heterocycles. The smallest absolute Gasteiger partial charge is 0.128 e. The van der Waals surface area contributed by atoms with Crippen molar-refractivity contribution in [3.8, 4) is 0 Å². The highest BCUT2D eigenvalue weighted by atomic mass is 19.1. The Morgan fingerprint density at radius 2 is 1.88 bits per heavy atom. The second-order valence-corrected chi connectivity index (χ2v) is 4.61. The second kappa shape index (κ2) is 6.00. The summed E-state index contributed by atoms with van der Waals surface area (Å²) in [7, 11) is 0. The third-order valence-corrected chi connectivity index (χ3v) is 3.29. The van der Waals surface area contributed by atoms with E-state index in [1.165, 1.54) is 38.2 Å². The zero-order chi connectivity index (χ0) is 11.2. The fourth-order valence-electron chi connectivity index (χ4n) is 2.30. The van der Waals surface area contributed by atoms with Gasteiger partial charge in [-0.05, 0) is 24.8 Å². The first-order chi connectivity index (χ1) is 7.86. The minimum atomic E-state index is -0.161. The van der Waals surface area contributed by atoms with Crippen LogP contribution in [0.15, 0.2) is 24.3 Å². The largest absolute Gasteiger partial charge is 0.376 e. The van der Waals surface area contributed by atoms with Gasteiger partial charge in [0.15, 0.2) is 0 Å². The van der Waals surface area contributed by atoms with Crippen molar-refractivity contribution in [3.63, 3.8) is 0 Å². The van der Waals surface area contributed by atoms with Crippen LogP contribution in [0.1, 0.15) is 37.7 Å². The van der Waals surface area contributed by atoms with Crippen LogP contribution in [0.5, 0.6) is 0 Å². The molecule has 0 radical (unpaired) electrons. The number of ether oxygens (including phenoxy) is 1. The lowest BCUT2D eigenvalue weighted by Gasteiger charge is -2.21. The van der Waals surface area contributed by atoms with Crippen LogP contribution in [0.3, 0.4) is 0 Å². The Bertz CT molecular complexity index is 318. The number of halogens is 1. The molecule has 1 aromatic carbocycles. The van der Waals surface area contributed by atoms with Crippen LogP contribution in [0.2, 0.25) is 0 Å². The molecular weight excluding hydrogens is 203 g/mol. The summed E-state index contributed by atoms with van der Waals surface area (Å²) in [5, 5.41) is 0. The highest BCUT2D eigenvalue weighted by molar-refractivity contribution is 5.16. The zero-order valence-corrected chi connectivity index (χ0v) is 9.62. The highest BCUT2D eigenvalue weighted by Crippen LogP contribution is 2.24. The molecule has 0 heterocycles. The number of benzene rings is 1. The van der Waals surface area contributed by atoms with E-state index in [0.29, 0.717) is 18.1 Å². The van der Waals surface area contributed by atoms with E-state index < -0.39 is 0 Å². The maximum atomic E-state index is 13.3. The molecule has 0 aliphatic heterocycles. The molecule has 1 fully saturated rings. The molecule has 2 rings (SSSR count). The van der Waals surface area contributed by atoms with Crippen molar-refractivity contribution in [1.82, 2.24) is 0 Å². The van der Waals surface area contributed by atoms with Crippen molar-refractivity contribution in [2.75, 3.05) is 6.61 Å². The number of rotatable bonds is 4. The highest BCUT2D eigenvalue weighted by Gasteiger charge is 2.13. The Morgan fingerprint density at radius 1 is 1.12 bits per heavy atom. The summed E-state index contributed by atoms with van der Waals surface area (Å²) in [6.45, 7) is 1.19. The molecule has 0 spiro atoms. The van der Waals surface area contributed by atoms with E-state index in [-0.39, 0.29) is 5.82 Å². The summed E-state index contributed by atoms with van der Waals surface area (Å²) in [5.41, 5.74) is 0.665. The van der Waals surface area contributed by atoms with Crippen LogP contribution >= 0.6 is 0 Å². The minimum Gasteiger partial charge on any atom is -0.376 e. The normalized spacial score (nSPS) is 17.6. The van der Waals surface area contributed by atoms with Gasteiger partial charge >= 0.3 is 0 Å². The van der Waals surface area contributed by atoms with Crippen molar-refractivity contribution >= 4 is 0 Å². The second-order valence-electron chi connectivity index (χ2n) is 4.61. The van der Waals surface area contributed by atoms with Gasteiger partial charge in [-0.2, -0.15) is 0 Å². The van der Waals surface area contributed by atoms with Crippen molar-refractivity contribution in [1.29, 1.82) is 0 Å². The van der Waals surface area contributed by atoms with Gasteiger partial charge in [0.2, 0.25) is 0 Å². The predicted octanol–water partition coefficient (Wildman–Crippen LogP) is 3.92. The van der Waals surface area contributed by atoms with Gasteiger partial charge < -0.3 is 4.74 Å². The van der Waals surface area contributed by atoms with Gasteiger partial charge in [0.25, 0.3) is 0 Å². The van der Waals surface area contributed by atoms with Crippen molar-refractivity contribution in [2.24, 2.45) is 5.92 Å². The lowest BCUT2D eigenvalue weighted by atomic mass is 9.90. The maximum Gasteiger partial charge on any atom is 0.128 e. The molecule has 0 bridgehead atoms. The minimum absolute atomic E-state index is 0.161. The molecule has 0 unspecified atom stereocenters. The van der Waals surface area contributed by atoms with E-state index in [2.05, 4.69) is 0 Å². The van der Waals surface area contributed by atoms with Gasteiger partial charge in [-0.1, -0.05) is 37.5 Å². The van der Waals surface area contributed by atoms with Crippen LogP contribution in [0, 0.1) is 11.7 Å². The van der Waals surface area contributed by atoms with Crippen molar-refractivity contribution in [3.05, 3.63) is 35.6 Å². The third-order valence-electron chi connectivity index (χ3n) is 3.29. The quantitative estimate of drug-likeness (QED) is 0.750. The van der Waals surface area contributed by atoms with Crippen LogP contribution in [0.4, 0.5) is 4.39 Å². The average molecular weight is 222 g/mol. The molecule has 0 aromatic heterocycles. The van der Waals surface area contributed by atoms with Gasteiger partial charge in [-0.25, -0.2) is 4.39 Å². The SMILES string of the molecule is Fc1ccccc1COCC1CCCCC1. The molecule has 0 amide bonds. The number of hydrogen-bond acceptors (Lipinski definition) is 1. The van der Waals surface area contributed by atoms with E-state index in [1.54, 1.807) is 12.1 Å². The number of hydrogen-bond donors (Lipinski definition) is 0. The van der Waals surface area contributed by atoms with E-state index >= 15 is 0 Å². The lowest BCUT2D eigenvalue weighted by Crippen LogP contribution is -2.13. The zero-order valence-electron chi connectivity index (χ0n) is 9.62. The molecule has 88 valence electrons. The summed E-state index contributed by atoms with van der Waals surface area (Å²) >= 11 is 0. The molecule has 1 saturated carbocycles. The van der Waals surface area contributed by atoms with Crippen molar-refractivity contribution < 1.29 is 9.13 Å². The summed E-state index contributed by atoms with van der Waals surface area (Å²) in [6, 6.07) is 6.83. The summed E-state index contributed by atoms with van der Waals surface area (Å²) in [6.07, 6.45) is 6.57. The molecule has 2 heteroatoms. The van der Waals surface area contributed by atoms with E-state index in [9.17, 15) is 4.39 Å².